The van der Waals surface area contributed by atoms with Gasteiger partial charge in [-0.1, -0.05) is 17.7 Å². The summed E-state index contributed by atoms with van der Waals surface area (Å²) in [5, 5.41) is 3.05. The lowest BCUT2D eigenvalue weighted by atomic mass is 10.1. The van der Waals surface area contributed by atoms with Crippen LogP contribution in [0.3, 0.4) is 0 Å². The lowest BCUT2D eigenvalue weighted by Crippen LogP contribution is -2.24. The molecule has 1 fully saturated rings. The van der Waals surface area contributed by atoms with E-state index >= 15 is 0 Å². The number of hydrogen-bond acceptors (Lipinski definition) is 4. The summed E-state index contributed by atoms with van der Waals surface area (Å²) in [7, 11) is -3.43. The number of hydrogen-bond donors (Lipinski definition) is 1. The Kier molecular flexibility index (Phi) is 5.26. The van der Waals surface area contributed by atoms with Crippen LogP contribution in [0.1, 0.15) is 28.8 Å². The molecular weight excluding hydrogens is 388 g/mol. The monoisotopic (exact) mass is 406 g/mol. The Bertz CT molecular complexity index is 1030. The molecule has 0 bridgehead atoms. The maximum atomic E-state index is 12.7. The quantitative estimate of drug-likeness (QED) is 0.843. The SMILES string of the molecule is Cc1ccc(S(C)(=O)=O)cc1C(=O)Nc1cc(N2CCCC2=O)ccc1Cl. The van der Waals surface area contributed by atoms with Crippen molar-refractivity contribution in [3.05, 3.63) is 52.5 Å². The maximum absolute atomic E-state index is 12.7. The molecule has 0 unspecified atom stereocenters. The lowest BCUT2D eigenvalue weighted by molar-refractivity contribution is -0.117. The number of amides is 2. The Balaban J connectivity index is 1.91. The van der Waals surface area contributed by atoms with Crippen molar-refractivity contribution in [1.82, 2.24) is 0 Å². The fraction of sp³-hybridized carbons (Fsp3) is 0.263. The molecule has 2 amide bonds. The van der Waals surface area contributed by atoms with Crippen molar-refractivity contribution in [2.75, 3.05) is 23.0 Å². The van der Waals surface area contributed by atoms with Crippen molar-refractivity contribution < 1.29 is 18.0 Å². The fourth-order valence-electron chi connectivity index (χ4n) is 2.96. The molecule has 2 aromatic carbocycles. The largest absolute Gasteiger partial charge is 0.321 e. The number of aryl methyl sites for hydroxylation is 1. The first-order valence-electron chi connectivity index (χ1n) is 8.39. The first-order valence-corrected chi connectivity index (χ1v) is 10.7. The van der Waals surface area contributed by atoms with Crippen LogP contribution >= 0.6 is 11.6 Å². The Morgan fingerprint density at radius 2 is 1.93 bits per heavy atom. The molecule has 0 aliphatic carbocycles. The Hall–Kier alpha value is -2.38. The van der Waals surface area contributed by atoms with Gasteiger partial charge in [0, 0.05) is 30.5 Å². The van der Waals surface area contributed by atoms with Gasteiger partial charge in [0.15, 0.2) is 9.84 Å². The van der Waals surface area contributed by atoms with Gasteiger partial charge in [-0.2, -0.15) is 0 Å². The molecule has 6 nitrogen and oxygen atoms in total. The van der Waals surface area contributed by atoms with Crippen LogP contribution in [-0.4, -0.2) is 33.0 Å². The highest BCUT2D eigenvalue weighted by Crippen LogP contribution is 2.30. The zero-order valence-electron chi connectivity index (χ0n) is 15.0. The number of rotatable bonds is 4. The van der Waals surface area contributed by atoms with Crippen LogP contribution in [0.2, 0.25) is 5.02 Å². The van der Waals surface area contributed by atoms with Gasteiger partial charge in [-0.25, -0.2) is 8.42 Å². The molecule has 0 saturated carbocycles. The third-order valence-corrected chi connectivity index (χ3v) is 5.90. The van der Waals surface area contributed by atoms with Gasteiger partial charge in [0.25, 0.3) is 5.91 Å². The van der Waals surface area contributed by atoms with E-state index < -0.39 is 15.7 Å². The molecule has 1 aliphatic rings. The average Bonchev–Trinajstić information content (AvgIpc) is 3.02. The van der Waals surface area contributed by atoms with E-state index in [1.165, 1.54) is 12.1 Å². The summed E-state index contributed by atoms with van der Waals surface area (Å²) in [6.45, 7) is 2.35. The van der Waals surface area contributed by atoms with Crippen LogP contribution in [0.4, 0.5) is 11.4 Å². The third kappa shape index (κ3) is 4.14. The van der Waals surface area contributed by atoms with Gasteiger partial charge in [0.1, 0.15) is 0 Å². The van der Waals surface area contributed by atoms with Crippen molar-refractivity contribution in [2.24, 2.45) is 0 Å². The van der Waals surface area contributed by atoms with E-state index in [9.17, 15) is 18.0 Å². The van der Waals surface area contributed by atoms with Crippen molar-refractivity contribution in [1.29, 1.82) is 0 Å². The van der Waals surface area contributed by atoms with E-state index in [2.05, 4.69) is 5.32 Å². The van der Waals surface area contributed by atoms with Gasteiger partial charge in [0.05, 0.1) is 15.6 Å². The summed E-state index contributed by atoms with van der Waals surface area (Å²) in [6.07, 6.45) is 2.38. The maximum Gasteiger partial charge on any atom is 0.256 e. The molecule has 1 saturated heterocycles. The number of anilines is 2. The van der Waals surface area contributed by atoms with Gasteiger partial charge in [-0.15, -0.1) is 0 Å². The number of nitrogens with one attached hydrogen (secondary N) is 1. The molecule has 27 heavy (non-hydrogen) atoms. The second-order valence-corrected chi connectivity index (χ2v) is 8.94. The zero-order chi connectivity index (χ0) is 19.8. The van der Waals surface area contributed by atoms with Gasteiger partial charge in [0.2, 0.25) is 5.91 Å². The highest BCUT2D eigenvalue weighted by molar-refractivity contribution is 7.90. The standard InChI is InChI=1S/C19H19ClN2O4S/c1-12-5-7-14(27(2,25)26)11-15(12)19(24)21-17-10-13(6-8-16(17)20)22-9-3-4-18(22)23/h5-8,10-11H,3-4,9H2,1-2H3,(H,21,24). The first kappa shape index (κ1) is 19.4. The van der Waals surface area contributed by atoms with Crippen LogP contribution in [-0.2, 0) is 14.6 Å². The van der Waals surface area contributed by atoms with E-state index in [1.807, 2.05) is 0 Å². The number of benzene rings is 2. The highest BCUT2D eigenvalue weighted by Gasteiger charge is 2.23. The van der Waals surface area contributed by atoms with E-state index in [4.69, 9.17) is 11.6 Å². The van der Waals surface area contributed by atoms with Crippen molar-refractivity contribution in [3.8, 4) is 0 Å². The van der Waals surface area contributed by atoms with Crippen molar-refractivity contribution in [2.45, 2.75) is 24.7 Å². The minimum absolute atomic E-state index is 0.0336. The minimum Gasteiger partial charge on any atom is -0.321 e. The van der Waals surface area contributed by atoms with Gasteiger partial charge < -0.3 is 10.2 Å². The molecule has 1 heterocycles. The summed E-state index contributed by atoms with van der Waals surface area (Å²) in [5.41, 5.74) is 1.92. The van der Waals surface area contributed by atoms with Crippen LogP contribution in [0, 0.1) is 6.92 Å². The van der Waals surface area contributed by atoms with Crippen LogP contribution in [0.5, 0.6) is 0 Å². The van der Waals surface area contributed by atoms with E-state index in [-0.39, 0.29) is 16.4 Å². The molecule has 8 heteroatoms. The minimum atomic E-state index is -3.43. The number of sulfone groups is 1. The van der Waals surface area contributed by atoms with Crippen LogP contribution < -0.4 is 10.2 Å². The van der Waals surface area contributed by atoms with Gasteiger partial charge in [-0.05, 0) is 49.2 Å². The predicted octanol–water partition coefficient (Wildman–Crippen LogP) is 3.43. The topological polar surface area (TPSA) is 83.6 Å². The van der Waals surface area contributed by atoms with Crippen LogP contribution in [0.25, 0.3) is 0 Å². The number of carbonyl (C=O) groups excluding carboxylic acids is 2. The fourth-order valence-corrected chi connectivity index (χ4v) is 3.78. The Morgan fingerprint density at radius 3 is 2.56 bits per heavy atom. The Morgan fingerprint density at radius 1 is 1.19 bits per heavy atom. The number of halogens is 1. The zero-order valence-corrected chi connectivity index (χ0v) is 16.5. The second-order valence-electron chi connectivity index (χ2n) is 6.52. The highest BCUT2D eigenvalue weighted by atomic mass is 35.5. The molecular formula is C19H19ClN2O4S. The summed E-state index contributed by atoms with van der Waals surface area (Å²) < 4.78 is 23.5. The molecule has 3 rings (SSSR count). The smallest absolute Gasteiger partial charge is 0.256 e. The Labute approximate surface area is 163 Å². The van der Waals surface area contributed by atoms with Gasteiger partial charge in [-0.3, -0.25) is 9.59 Å². The normalized spacial score (nSPS) is 14.5. The molecule has 0 spiro atoms. The van der Waals surface area contributed by atoms with Crippen LogP contribution in [0.15, 0.2) is 41.3 Å². The average molecular weight is 407 g/mol. The number of nitrogens with zero attached hydrogens (tertiary/aromatic N) is 1. The molecule has 0 atom stereocenters. The molecule has 1 N–H and O–H groups in total. The second kappa shape index (κ2) is 7.32. The molecule has 0 aromatic heterocycles. The molecule has 1 aliphatic heterocycles. The summed E-state index contributed by atoms with van der Waals surface area (Å²) in [6, 6.07) is 9.41. The molecule has 2 aromatic rings. The first-order chi connectivity index (χ1) is 12.7. The van der Waals surface area contributed by atoms with E-state index in [0.717, 1.165) is 12.7 Å². The van der Waals surface area contributed by atoms with E-state index in [1.54, 1.807) is 36.1 Å². The van der Waals surface area contributed by atoms with Crippen molar-refractivity contribution >= 4 is 44.6 Å². The van der Waals surface area contributed by atoms with Gasteiger partial charge >= 0.3 is 0 Å². The summed E-state index contributed by atoms with van der Waals surface area (Å²) in [4.78, 5) is 26.4. The van der Waals surface area contributed by atoms with Crippen molar-refractivity contribution in [3.63, 3.8) is 0 Å². The lowest BCUT2D eigenvalue weighted by Gasteiger charge is -2.18. The number of carbonyl (C=O) groups is 2. The molecule has 142 valence electrons. The van der Waals surface area contributed by atoms with E-state index in [0.29, 0.717) is 34.9 Å². The summed E-state index contributed by atoms with van der Waals surface area (Å²) >= 11 is 6.20. The molecule has 0 radical (unpaired) electrons. The summed E-state index contributed by atoms with van der Waals surface area (Å²) in [5.74, 6) is -0.434. The third-order valence-electron chi connectivity index (χ3n) is 4.47. The predicted molar refractivity (Wildman–Crippen MR) is 105 cm³/mol.